The molecule has 0 unspecified atom stereocenters. The van der Waals surface area contributed by atoms with E-state index in [0.29, 0.717) is 0 Å². The number of halogens is 1. The Morgan fingerprint density at radius 1 is 1.67 bits per heavy atom. The molecule has 0 atom stereocenters. The van der Waals surface area contributed by atoms with E-state index in [9.17, 15) is 0 Å². The molecule has 12 heavy (non-hydrogen) atoms. The molecule has 0 fully saturated rings. The van der Waals surface area contributed by atoms with Crippen molar-refractivity contribution in [2.24, 2.45) is 7.05 Å². The quantitative estimate of drug-likeness (QED) is 0.719. The van der Waals surface area contributed by atoms with Gasteiger partial charge in [-0.1, -0.05) is 18.5 Å². The Morgan fingerprint density at radius 3 is 2.92 bits per heavy atom. The third-order valence-corrected chi connectivity index (χ3v) is 2.11. The van der Waals surface area contributed by atoms with Gasteiger partial charge in [0.05, 0.1) is 16.9 Å². The summed E-state index contributed by atoms with van der Waals surface area (Å²) in [6.07, 6.45) is 2.62. The standard InChI is InChI=1S/C8H14ClN3/c1-3-10-5-4-8-7(9)6-11-12(8)2/h6,10H,3-5H2,1-2H3. The highest BCUT2D eigenvalue weighted by atomic mass is 35.5. The number of hydrogen-bond donors (Lipinski definition) is 1. The number of rotatable bonds is 4. The van der Waals surface area contributed by atoms with Crippen molar-refractivity contribution < 1.29 is 0 Å². The van der Waals surface area contributed by atoms with Crippen LogP contribution in [-0.2, 0) is 13.5 Å². The van der Waals surface area contributed by atoms with Gasteiger partial charge in [-0.2, -0.15) is 5.10 Å². The van der Waals surface area contributed by atoms with Crippen molar-refractivity contribution in [2.75, 3.05) is 13.1 Å². The highest BCUT2D eigenvalue weighted by molar-refractivity contribution is 6.31. The average molecular weight is 188 g/mol. The number of nitrogens with one attached hydrogen (secondary N) is 1. The van der Waals surface area contributed by atoms with E-state index < -0.39 is 0 Å². The first-order valence-electron chi connectivity index (χ1n) is 4.12. The summed E-state index contributed by atoms with van der Waals surface area (Å²) in [6.45, 7) is 4.04. The zero-order valence-corrected chi connectivity index (χ0v) is 8.23. The maximum absolute atomic E-state index is 5.91. The molecular formula is C8H14ClN3. The van der Waals surface area contributed by atoms with Crippen LogP contribution in [0.15, 0.2) is 6.20 Å². The molecule has 0 aliphatic rings. The molecule has 0 aliphatic carbocycles. The zero-order valence-electron chi connectivity index (χ0n) is 7.47. The number of likely N-dealkylation sites (N-methyl/N-ethyl adjacent to an activating group) is 1. The number of aryl methyl sites for hydroxylation is 1. The van der Waals surface area contributed by atoms with Gasteiger partial charge < -0.3 is 5.32 Å². The minimum atomic E-state index is 0.760. The largest absolute Gasteiger partial charge is 0.317 e. The highest BCUT2D eigenvalue weighted by Crippen LogP contribution is 2.13. The Morgan fingerprint density at radius 2 is 2.42 bits per heavy atom. The van der Waals surface area contributed by atoms with Gasteiger partial charge in [0.25, 0.3) is 0 Å². The third kappa shape index (κ3) is 2.22. The van der Waals surface area contributed by atoms with Gasteiger partial charge in [0.15, 0.2) is 0 Å². The summed E-state index contributed by atoms with van der Waals surface area (Å²) in [7, 11) is 1.91. The summed E-state index contributed by atoms with van der Waals surface area (Å²) in [4.78, 5) is 0. The van der Waals surface area contributed by atoms with Gasteiger partial charge in [0.2, 0.25) is 0 Å². The Kier molecular flexibility index (Phi) is 3.56. The van der Waals surface area contributed by atoms with E-state index in [1.807, 2.05) is 11.7 Å². The summed E-state index contributed by atoms with van der Waals surface area (Å²) in [5, 5.41) is 8.05. The summed E-state index contributed by atoms with van der Waals surface area (Å²) < 4.78 is 1.82. The molecule has 0 aliphatic heterocycles. The van der Waals surface area contributed by atoms with Crippen molar-refractivity contribution >= 4 is 11.6 Å². The molecule has 1 rings (SSSR count). The van der Waals surface area contributed by atoms with Crippen molar-refractivity contribution in [2.45, 2.75) is 13.3 Å². The van der Waals surface area contributed by atoms with Crippen LogP contribution in [-0.4, -0.2) is 22.9 Å². The summed E-state index contributed by atoms with van der Waals surface area (Å²) in [5.41, 5.74) is 1.10. The lowest BCUT2D eigenvalue weighted by Gasteiger charge is -2.02. The van der Waals surface area contributed by atoms with Crippen LogP contribution in [0.2, 0.25) is 5.02 Å². The molecule has 0 saturated carbocycles. The lowest BCUT2D eigenvalue weighted by Crippen LogP contribution is -2.17. The molecule has 0 aromatic carbocycles. The van der Waals surface area contributed by atoms with Crippen molar-refractivity contribution in [3.05, 3.63) is 16.9 Å². The first kappa shape index (κ1) is 9.55. The van der Waals surface area contributed by atoms with E-state index in [4.69, 9.17) is 11.6 Å². The van der Waals surface area contributed by atoms with Gasteiger partial charge in [-0.15, -0.1) is 0 Å². The van der Waals surface area contributed by atoms with Crippen LogP contribution in [0.25, 0.3) is 0 Å². The lowest BCUT2D eigenvalue weighted by molar-refractivity contribution is 0.658. The molecule has 68 valence electrons. The van der Waals surface area contributed by atoms with Crippen molar-refractivity contribution in [1.29, 1.82) is 0 Å². The average Bonchev–Trinajstić information content (AvgIpc) is 2.35. The van der Waals surface area contributed by atoms with E-state index in [1.54, 1.807) is 6.20 Å². The molecular weight excluding hydrogens is 174 g/mol. The summed E-state index contributed by atoms with van der Waals surface area (Å²) >= 11 is 5.91. The third-order valence-electron chi connectivity index (χ3n) is 1.80. The van der Waals surface area contributed by atoms with Gasteiger partial charge in [-0.3, -0.25) is 4.68 Å². The van der Waals surface area contributed by atoms with E-state index in [0.717, 1.165) is 30.2 Å². The van der Waals surface area contributed by atoms with Crippen LogP contribution < -0.4 is 5.32 Å². The molecule has 0 spiro atoms. The molecule has 1 aromatic rings. The minimum Gasteiger partial charge on any atom is -0.317 e. The topological polar surface area (TPSA) is 29.9 Å². The smallest absolute Gasteiger partial charge is 0.0818 e. The fraction of sp³-hybridized carbons (Fsp3) is 0.625. The molecule has 0 bridgehead atoms. The molecule has 1 N–H and O–H groups in total. The SMILES string of the molecule is CCNCCc1c(Cl)cnn1C. The predicted molar refractivity (Wildman–Crippen MR) is 50.5 cm³/mol. The Hall–Kier alpha value is -0.540. The van der Waals surface area contributed by atoms with E-state index >= 15 is 0 Å². The predicted octanol–water partition coefficient (Wildman–Crippen LogP) is 1.23. The van der Waals surface area contributed by atoms with E-state index in [2.05, 4.69) is 17.3 Å². The minimum absolute atomic E-state index is 0.760. The van der Waals surface area contributed by atoms with Crippen molar-refractivity contribution in [3.63, 3.8) is 0 Å². The van der Waals surface area contributed by atoms with Crippen LogP contribution in [0.4, 0.5) is 0 Å². The van der Waals surface area contributed by atoms with Crippen LogP contribution in [0, 0.1) is 0 Å². The second-order valence-corrected chi connectivity index (χ2v) is 3.07. The van der Waals surface area contributed by atoms with Gasteiger partial charge in [-0.25, -0.2) is 0 Å². The van der Waals surface area contributed by atoms with E-state index in [1.165, 1.54) is 0 Å². The number of aromatic nitrogens is 2. The van der Waals surface area contributed by atoms with Crippen LogP contribution in [0.3, 0.4) is 0 Å². The highest BCUT2D eigenvalue weighted by Gasteiger charge is 2.04. The Bertz CT molecular complexity index is 225. The lowest BCUT2D eigenvalue weighted by atomic mass is 10.3. The van der Waals surface area contributed by atoms with Crippen LogP contribution in [0.1, 0.15) is 12.6 Å². The monoisotopic (exact) mass is 187 g/mol. The zero-order chi connectivity index (χ0) is 8.97. The second kappa shape index (κ2) is 4.48. The van der Waals surface area contributed by atoms with Crippen molar-refractivity contribution in [1.82, 2.24) is 15.1 Å². The summed E-state index contributed by atoms with van der Waals surface area (Å²) in [6, 6.07) is 0. The normalized spacial score (nSPS) is 10.6. The Labute approximate surface area is 77.7 Å². The second-order valence-electron chi connectivity index (χ2n) is 2.67. The molecule has 1 heterocycles. The van der Waals surface area contributed by atoms with Crippen LogP contribution in [0.5, 0.6) is 0 Å². The molecule has 0 radical (unpaired) electrons. The van der Waals surface area contributed by atoms with Gasteiger partial charge in [0.1, 0.15) is 0 Å². The fourth-order valence-corrected chi connectivity index (χ4v) is 1.36. The van der Waals surface area contributed by atoms with E-state index in [-0.39, 0.29) is 0 Å². The van der Waals surface area contributed by atoms with Gasteiger partial charge in [0, 0.05) is 20.0 Å². The molecule has 3 nitrogen and oxygen atoms in total. The maximum atomic E-state index is 5.91. The number of hydrogen-bond acceptors (Lipinski definition) is 2. The first-order valence-corrected chi connectivity index (χ1v) is 4.50. The van der Waals surface area contributed by atoms with Gasteiger partial charge >= 0.3 is 0 Å². The summed E-state index contributed by atoms with van der Waals surface area (Å²) in [5.74, 6) is 0. The molecule has 0 saturated heterocycles. The van der Waals surface area contributed by atoms with Crippen molar-refractivity contribution in [3.8, 4) is 0 Å². The van der Waals surface area contributed by atoms with Crippen LogP contribution >= 0.6 is 11.6 Å². The molecule has 1 aromatic heterocycles. The maximum Gasteiger partial charge on any atom is 0.0818 e. The van der Waals surface area contributed by atoms with Gasteiger partial charge in [-0.05, 0) is 6.54 Å². The molecule has 4 heteroatoms. The molecule has 0 amide bonds. The fourth-order valence-electron chi connectivity index (χ4n) is 1.10. The number of nitrogens with zero attached hydrogens (tertiary/aromatic N) is 2. The first-order chi connectivity index (χ1) is 5.75. The Balaban J connectivity index is 2.50.